The van der Waals surface area contributed by atoms with Crippen LogP contribution in [0.1, 0.15) is 21.6 Å². The van der Waals surface area contributed by atoms with E-state index in [9.17, 15) is 23.1 Å². The number of carboxylic acid groups (broad SMARTS) is 1. The average molecular weight is 411 g/mol. The van der Waals surface area contributed by atoms with E-state index in [-0.39, 0.29) is 23.1 Å². The van der Waals surface area contributed by atoms with Crippen molar-refractivity contribution < 1.29 is 23.1 Å². The van der Waals surface area contributed by atoms with Crippen molar-refractivity contribution in [3.05, 3.63) is 64.7 Å². The Balaban J connectivity index is 1.77. The summed E-state index contributed by atoms with van der Waals surface area (Å²) in [7, 11) is 1.49. The monoisotopic (exact) mass is 410 g/mol. The van der Waals surface area contributed by atoms with Crippen LogP contribution in [-0.4, -0.2) is 25.6 Å². The molecular formula is C18H14ClF3N4O2. The molecule has 0 atom stereocenters. The van der Waals surface area contributed by atoms with Crippen LogP contribution in [0.15, 0.2) is 42.7 Å². The van der Waals surface area contributed by atoms with Gasteiger partial charge in [0, 0.05) is 31.5 Å². The van der Waals surface area contributed by atoms with Crippen LogP contribution in [-0.2, 0) is 19.8 Å². The molecule has 0 amide bonds. The normalized spacial score (nSPS) is 11.5. The van der Waals surface area contributed by atoms with E-state index in [4.69, 9.17) is 11.6 Å². The van der Waals surface area contributed by atoms with Gasteiger partial charge in [-0.05, 0) is 11.6 Å². The van der Waals surface area contributed by atoms with Crippen molar-refractivity contribution in [2.45, 2.75) is 12.7 Å². The highest BCUT2D eigenvalue weighted by atomic mass is 35.5. The summed E-state index contributed by atoms with van der Waals surface area (Å²) in [6.07, 6.45) is -2.41. The maximum Gasteiger partial charge on any atom is 0.434 e. The highest BCUT2D eigenvalue weighted by Gasteiger charge is 2.34. The second kappa shape index (κ2) is 7.51. The van der Waals surface area contributed by atoms with Gasteiger partial charge in [-0.15, -0.1) is 0 Å². The Morgan fingerprint density at radius 3 is 2.54 bits per heavy atom. The molecule has 2 N–H and O–H groups in total. The number of aromatic carboxylic acids is 1. The summed E-state index contributed by atoms with van der Waals surface area (Å²) in [5, 5.41) is 12.3. The second-order valence-electron chi connectivity index (χ2n) is 5.97. The molecule has 3 aromatic rings. The Kier molecular flexibility index (Phi) is 5.28. The van der Waals surface area contributed by atoms with Gasteiger partial charge in [-0.3, -0.25) is 0 Å². The van der Waals surface area contributed by atoms with Crippen molar-refractivity contribution in [2.24, 2.45) is 7.05 Å². The van der Waals surface area contributed by atoms with Gasteiger partial charge in [-0.1, -0.05) is 35.9 Å². The molecular weight excluding hydrogens is 397 g/mol. The van der Waals surface area contributed by atoms with E-state index >= 15 is 0 Å². The van der Waals surface area contributed by atoms with Gasteiger partial charge in [0.25, 0.3) is 0 Å². The number of benzene rings is 1. The number of aromatic nitrogens is 3. The minimum absolute atomic E-state index is 0.0197. The molecule has 0 saturated carbocycles. The van der Waals surface area contributed by atoms with Gasteiger partial charge in [0.15, 0.2) is 5.69 Å². The number of carboxylic acids is 1. The van der Waals surface area contributed by atoms with Gasteiger partial charge >= 0.3 is 12.1 Å². The van der Waals surface area contributed by atoms with Gasteiger partial charge in [0.05, 0.1) is 5.69 Å². The van der Waals surface area contributed by atoms with E-state index in [1.165, 1.54) is 17.7 Å². The zero-order valence-corrected chi connectivity index (χ0v) is 15.2. The summed E-state index contributed by atoms with van der Waals surface area (Å²) in [4.78, 5) is 18.6. The Morgan fingerprint density at radius 2 is 1.96 bits per heavy atom. The number of alkyl halides is 3. The number of hydrogen-bond acceptors (Lipinski definition) is 4. The fourth-order valence-electron chi connectivity index (χ4n) is 2.59. The number of rotatable bonds is 5. The topological polar surface area (TPSA) is 80.0 Å². The fraction of sp³-hybridized carbons (Fsp3) is 0.167. The first-order valence-corrected chi connectivity index (χ1v) is 8.35. The lowest BCUT2D eigenvalue weighted by Crippen LogP contribution is -2.07. The van der Waals surface area contributed by atoms with Crippen LogP contribution in [0, 0.1) is 0 Å². The molecule has 0 fully saturated rings. The maximum atomic E-state index is 12.8. The molecule has 0 aliphatic heterocycles. The van der Waals surface area contributed by atoms with Crippen LogP contribution in [0.5, 0.6) is 0 Å². The molecule has 10 heteroatoms. The minimum atomic E-state index is -4.51. The lowest BCUT2D eigenvalue weighted by atomic mass is 10.1. The van der Waals surface area contributed by atoms with Crippen molar-refractivity contribution >= 4 is 23.3 Å². The molecule has 0 radical (unpaired) electrons. The van der Waals surface area contributed by atoms with E-state index in [1.54, 1.807) is 24.3 Å². The highest BCUT2D eigenvalue weighted by Crippen LogP contribution is 2.30. The van der Waals surface area contributed by atoms with Crippen LogP contribution >= 0.6 is 11.6 Å². The lowest BCUT2D eigenvalue weighted by molar-refractivity contribution is -0.140. The van der Waals surface area contributed by atoms with E-state index < -0.39 is 17.8 Å². The number of carbonyl (C=O) groups is 1. The first-order valence-electron chi connectivity index (χ1n) is 7.97. The quantitative estimate of drug-likeness (QED) is 0.607. The van der Waals surface area contributed by atoms with Gasteiger partial charge < -0.3 is 15.0 Å². The van der Waals surface area contributed by atoms with Gasteiger partial charge in [0.1, 0.15) is 16.5 Å². The molecule has 0 unspecified atom stereocenters. The first kappa shape index (κ1) is 19.7. The number of nitrogens with one attached hydrogen (secondary N) is 1. The molecule has 2 aromatic heterocycles. The molecule has 146 valence electrons. The van der Waals surface area contributed by atoms with Crippen molar-refractivity contribution in [1.82, 2.24) is 14.5 Å². The second-order valence-corrected chi connectivity index (χ2v) is 6.35. The third-order valence-corrected chi connectivity index (χ3v) is 4.17. The van der Waals surface area contributed by atoms with Crippen molar-refractivity contribution in [3.8, 4) is 11.4 Å². The van der Waals surface area contributed by atoms with E-state index in [2.05, 4.69) is 15.3 Å². The van der Waals surface area contributed by atoms with Crippen LogP contribution < -0.4 is 5.32 Å². The Bertz CT molecular complexity index is 1020. The van der Waals surface area contributed by atoms with E-state index in [0.29, 0.717) is 11.3 Å². The molecule has 0 saturated heterocycles. The van der Waals surface area contributed by atoms with Crippen LogP contribution in [0.3, 0.4) is 0 Å². The molecule has 0 aliphatic carbocycles. The SMILES string of the molecule is Cn1cc(C(F)(F)F)nc1-c1ccc(CNc2cc(Cl)ncc2C(=O)O)cc1. The number of hydrogen-bond donors (Lipinski definition) is 2. The molecule has 6 nitrogen and oxygen atoms in total. The van der Waals surface area contributed by atoms with E-state index in [0.717, 1.165) is 18.0 Å². The standard InChI is InChI=1S/C18H14ClF3N4O2/c1-26-9-14(18(20,21)22)25-16(26)11-4-2-10(3-5-11)7-23-13-6-15(19)24-8-12(13)17(27)28/h2-6,8-9H,7H2,1H3,(H,23,24)(H,27,28). The summed E-state index contributed by atoms with van der Waals surface area (Å²) >= 11 is 5.81. The third-order valence-electron chi connectivity index (χ3n) is 3.96. The summed E-state index contributed by atoms with van der Waals surface area (Å²) in [5.74, 6) is -0.946. The Morgan fingerprint density at radius 1 is 1.29 bits per heavy atom. The summed E-state index contributed by atoms with van der Waals surface area (Å²) < 4.78 is 39.7. The van der Waals surface area contributed by atoms with Crippen LogP contribution in [0.2, 0.25) is 5.15 Å². The number of imidazole rings is 1. The van der Waals surface area contributed by atoms with Gasteiger partial charge in [-0.25, -0.2) is 14.8 Å². The predicted octanol–water partition coefficient (Wildman–Crippen LogP) is 4.46. The Labute approximate surface area is 162 Å². The van der Waals surface area contributed by atoms with Crippen molar-refractivity contribution in [3.63, 3.8) is 0 Å². The zero-order valence-electron chi connectivity index (χ0n) is 14.5. The molecule has 2 heterocycles. The average Bonchev–Trinajstić information content (AvgIpc) is 3.02. The number of pyridine rings is 1. The van der Waals surface area contributed by atoms with Gasteiger partial charge in [0.2, 0.25) is 0 Å². The smallest absolute Gasteiger partial charge is 0.434 e. The predicted molar refractivity (Wildman–Crippen MR) is 97.2 cm³/mol. The zero-order chi connectivity index (χ0) is 20.5. The number of aryl methyl sites for hydroxylation is 1. The largest absolute Gasteiger partial charge is 0.478 e. The Hall–Kier alpha value is -3.07. The molecule has 0 bridgehead atoms. The highest BCUT2D eigenvalue weighted by molar-refractivity contribution is 6.29. The van der Waals surface area contributed by atoms with Gasteiger partial charge in [-0.2, -0.15) is 13.2 Å². The lowest BCUT2D eigenvalue weighted by Gasteiger charge is -2.10. The molecule has 3 rings (SSSR count). The number of halogens is 4. The number of nitrogens with zero attached hydrogens (tertiary/aromatic N) is 3. The van der Waals surface area contributed by atoms with Crippen LogP contribution in [0.4, 0.5) is 18.9 Å². The summed E-state index contributed by atoms with van der Waals surface area (Å²) in [6, 6.07) is 8.14. The third kappa shape index (κ3) is 4.25. The van der Waals surface area contributed by atoms with Crippen molar-refractivity contribution in [2.75, 3.05) is 5.32 Å². The molecule has 0 spiro atoms. The molecule has 0 aliphatic rings. The summed E-state index contributed by atoms with van der Waals surface area (Å²) in [6.45, 7) is 0.287. The fourth-order valence-corrected chi connectivity index (χ4v) is 2.74. The van der Waals surface area contributed by atoms with E-state index in [1.807, 2.05) is 0 Å². The molecule has 28 heavy (non-hydrogen) atoms. The maximum absolute atomic E-state index is 12.8. The molecule has 1 aromatic carbocycles. The minimum Gasteiger partial charge on any atom is -0.478 e. The number of anilines is 1. The van der Waals surface area contributed by atoms with Crippen LogP contribution in [0.25, 0.3) is 11.4 Å². The first-order chi connectivity index (χ1) is 13.1. The summed E-state index contributed by atoms with van der Waals surface area (Å²) in [5.41, 5.74) is 0.661. The van der Waals surface area contributed by atoms with Crippen molar-refractivity contribution in [1.29, 1.82) is 0 Å².